The monoisotopic (exact) mass is 158 g/mol. The molecule has 0 heteroatoms. The van der Waals surface area contributed by atoms with Crippen LogP contribution in [0.2, 0.25) is 0 Å². The van der Waals surface area contributed by atoms with Gasteiger partial charge in [0.05, 0.1) is 0 Å². The highest BCUT2D eigenvalue weighted by molar-refractivity contribution is 4.84. The molecule has 0 N–H and O–H groups in total. The Kier molecular flexibility index (Phi) is 115. The van der Waals surface area contributed by atoms with Gasteiger partial charge in [0.25, 0.3) is 0 Å². The molecular weight excluding hydrogens is 132 g/mol. The van der Waals surface area contributed by atoms with E-state index in [2.05, 4.69) is 26.7 Å². The zero-order chi connectivity index (χ0) is 10.3. The third kappa shape index (κ3) is 242. The Hall–Kier alpha value is -0.520. The molecule has 0 radical (unpaired) electrons. The maximum atomic E-state index is 3.67. The summed E-state index contributed by atoms with van der Waals surface area (Å²) in [5, 5.41) is 0. The molecule has 0 nitrogen and oxygen atoms in total. The largest absolute Gasteiger partial charge is 0.106 e. The predicted molar refractivity (Wildman–Crippen MR) is 59.1 cm³/mol. The summed E-state index contributed by atoms with van der Waals surface area (Å²) in [7, 11) is 0. The van der Waals surface area contributed by atoms with Crippen LogP contribution in [0.1, 0.15) is 48.0 Å². The molecule has 0 aliphatic carbocycles. The second-order valence-corrected chi connectivity index (χ2v) is 1.31. The highest BCUT2D eigenvalue weighted by Gasteiger charge is 1.67. The van der Waals surface area contributed by atoms with Crippen LogP contribution in [0.5, 0.6) is 0 Å². The second kappa shape index (κ2) is 56.3. The van der Waals surface area contributed by atoms with E-state index in [0.29, 0.717) is 0 Å². The average molecular weight is 158 g/mol. The van der Waals surface area contributed by atoms with Crippen LogP contribution in [-0.4, -0.2) is 0 Å². The van der Waals surface area contributed by atoms with Gasteiger partial charge in [-0.05, 0) is 13.3 Å². The molecule has 0 bridgehead atoms. The van der Waals surface area contributed by atoms with Crippen molar-refractivity contribution in [3.05, 3.63) is 25.3 Å². The Morgan fingerprint density at radius 2 is 1.09 bits per heavy atom. The molecule has 0 aliphatic heterocycles. The van der Waals surface area contributed by atoms with E-state index in [1.807, 2.05) is 34.6 Å². The first-order valence-electron chi connectivity index (χ1n) is 4.41. The van der Waals surface area contributed by atoms with E-state index in [0.717, 1.165) is 6.42 Å². The van der Waals surface area contributed by atoms with Gasteiger partial charge in [-0.3, -0.25) is 0 Å². The van der Waals surface area contributed by atoms with Crippen LogP contribution in [0.3, 0.4) is 0 Å². The van der Waals surface area contributed by atoms with Gasteiger partial charge in [-0.25, -0.2) is 0 Å². The van der Waals surface area contributed by atoms with Crippen molar-refractivity contribution < 1.29 is 0 Å². The molecule has 0 heterocycles. The van der Waals surface area contributed by atoms with Crippen molar-refractivity contribution >= 4 is 0 Å². The first kappa shape index (κ1) is 22.4. The minimum atomic E-state index is 1.11. The molecule has 0 aliphatic rings. The van der Waals surface area contributed by atoms with E-state index < -0.39 is 0 Å². The first-order chi connectivity index (χ1) is 5.27. The van der Waals surface area contributed by atoms with Crippen LogP contribution >= 0.6 is 0 Å². The molecule has 0 unspecified atom stereocenters. The van der Waals surface area contributed by atoms with Gasteiger partial charge in [0.1, 0.15) is 0 Å². The lowest BCUT2D eigenvalue weighted by molar-refractivity contribution is 1.11. The lowest BCUT2D eigenvalue weighted by atomic mass is 10.3. The molecule has 0 aromatic rings. The van der Waals surface area contributed by atoms with Crippen LogP contribution in [0.4, 0.5) is 0 Å². The van der Waals surface area contributed by atoms with Crippen molar-refractivity contribution in [3.63, 3.8) is 0 Å². The van der Waals surface area contributed by atoms with Gasteiger partial charge in [-0.2, -0.15) is 0 Å². The van der Waals surface area contributed by atoms with E-state index in [4.69, 9.17) is 0 Å². The fourth-order valence-corrected chi connectivity index (χ4v) is 0. The Morgan fingerprint density at radius 3 is 1.09 bits per heavy atom. The summed E-state index contributed by atoms with van der Waals surface area (Å²) in [5.41, 5.74) is 1.25. The Morgan fingerprint density at radius 1 is 1.00 bits per heavy atom. The molecule has 0 fully saturated rings. The molecule has 0 aromatic heterocycles. The molecule has 0 rings (SSSR count). The SMILES string of the molecule is C=C.C=C(C)CC.CC.CC. The van der Waals surface area contributed by atoms with Gasteiger partial charge >= 0.3 is 0 Å². The number of hydrogen-bond acceptors (Lipinski definition) is 0. The normalized spacial score (nSPS) is 4.91. The summed E-state index contributed by atoms with van der Waals surface area (Å²) in [6, 6.07) is 0. The minimum Gasteiger partial charge on any atom is -0.106 e. The molecular formula is C11H26. The van der Waals surface area contributed by atoms with Crippen molar-refractivity contribution in [2.24, 2.45) is 0 Å². The summed E-state index contributed by atoms with van der Waals surface area (Å²) in [6.45, 7) is 21.8. The molecule has 0 saturated heterocycles. The zero-order valence-electron chi connectivity index (χ0n) is 9.33. The smallest absolute Gasteiger partial charge is 0.0354 e. The van der Waals surface area contributed by atoms with Gasteiger partial charge in [0, 0.05) is 0 Å². The minimum absolute atomic E-state index is 1.11. The van der Waals surface area contributed by atoms with Crippen molar-refractivity contribution in [2.45, 2.75) is 48.0 Å². The lowest BCUT2D eigenvalue weighted by Gasteiger charge is -1.79. The molecule has 0 spiro atoms. The summed E-state index contributed by atoms with van der Waals surface area (Å²) >= 11 is 0. The van der Waals surface area contributed by atoms with Gasteiger partial charge < -0.3 is 0 Å². The van der Waals surface area contributed by atoms with Crippen LogP contribution < -0.4 is 0 Å². The van der Waals surface area contributed by atoms with Crippen LogP contribution in [-0.2, 0) is 0 Å². The third-order valence-corrected chi connectivity index (χ3v) is 0.604. The molecule has 0 aromatic carbocycles. The summed E-state index contributed by atoms with van der Waals surface area (Å²) in [4.78, 5) is 0. The van der Waals surface area contributed by atoms with Gasteiger partial charge in [-0.1, -0.05) is 40.2 Å². The lowest BCUT2D eigenvalue weighted by Crippen LogP contribution is -1.58. The quantitative estimate of drug-likeness (QED) is 0.480. The second-order valence-electron chi connectivity index (χ2n) is 1.31. The maximum Gasteiger partial charge on any atom is -0.0354 e. The van der Waals surface area contributed by atoms with Crippen LogP contribution in [0.15, 0.2) is 25.3 Å². The summed E-state index contributed by atoms with van der Waals surface area (Å²) < 4.78 is 0. The predicted octanol–water partition coefficient (Wildman–Crippen LogP) is 4.83. The fraction of sp³-hybridized carbons (Fsp3) is 0.636. The Labute approximate surface area is 74.0 Å². The highest BCUT2D eigenvalue weighted by Crippen LogP contribution is 1.88. The van der Waals surface area contributed by atoms with Gasteiger partial charge in [0.2, 0.25) is 0 Å². The molecule has 0 atom stereocenters. The average Bonchev–Trinajstić information content (AvgIpc) is 2.15. The Balaban J connectivity index is -0.0000000350. The van der Waals surface area contributed by atoms with E-state index in [-0.39, 0.29) is 0 Å². The number of hydrogen-bond donors (Lipinski definition) is 0. The van der Waals surface area contributed by atoms with Crippen molar-refractivity contribution in [3.8, 4) is 0 Å². The standard InChI is InChI=1S/C5H10.2C2H6.C2H4/c1-4-5(2)3;3*1-2/h2,4H2,1,3H3;2*1-2H3;1-2H2. The highest BCUT2D eigenvalue weighted by atomic mass is 13.7. The van der Waals surface area contributed by atoms with Crippen LogP contribution in [0, 0.1) is 0 Å². The van der Waals surface area contributed by atoms with E-state index >= 15 is 0 Å². The number of allylic oxidation sites excluding steroid dienone is 1. The van der Waals surface area contributed by atoms with Crippen LogP contribution in [0.25, 0.3) is 0 Å². The van der Waals surface area contributed by atoms with Crippen molar-refractivity contribution in [1.29, 1.82) is 0 Å². The first-order valence-corrected chi connectivity index (χ1v) is 4.41. The maximum absolute atomic E-state index is 3.67. The molecule has 0 amide bonds. The topological polar surface area (TPSA) is 0 Å². The molecule has 70 valence electrons. The van der Waals surface area contributed by atoms with E-state index in [9.17, 15) is 0 Å². The third-order valence-electron chi connectivity index (χ3n) is 0.604. The van der Waals surface area contributed by atoms with E-state index in [1.165, 1.54) is 5.57 Å². The van der Waals surface area contributed by atoms with Crippen molar-refractivity contribution in [2.75, 3.05) is 0 Å². The Bertz CT molecular complexity index is 44.0. The zero-order valence-corrected chi connectivity index (χ0v) is 9.33. The fourth-order valence-electron chi connectivity index (χ4n) is 0. The summed E-state index contributed by atoms with van der Waals surface area (Å²) in [6.07, 6.45) is 1.11. The van der Waals surface area contributed by atoms with Gasteiger partial charge in [-0.15, -0.1) is 19.7 Å². The number of rotatable bonds is 1. The molecule has 11 heavy (non-hydrogen) atoms. The van der Waals surface area contributed by atoms with E-state index in [1.54, 1.807) is 0 Å². The molecule has 0 saturated carbocycles. The van der Waals surface area contributed by atoms with Crippen molar-refractivity contribution in [1.82, 2.24) is 0 Å². The summed E-state index contributed by atoms with van der Waals surface area (Å²) in [5.74, 6) is 0. The van der Waals surface area contributed by atoms with Gasteiger partial charge in [0.15, 0.2) is 0 Å².